The molecule has 74 valence electrons. The summed E-state index contributed by atoms with van der Waals surface area (Å²) in [5, 5.41) is 8.75. The zero-order valence-electron chi connectivity index (χ0n) is 8.04. The third kappa shape index (κ3) is 1.87. The second-order valence-corrected chi connectivity index (χ2v) is 4.66. The second-order valence-electron chi connectivity index (χ2n) is 4.66. The molecule has 2 fully saturated rings. The number of hydrogen-bond acceptors (Lipinski definition) is 1. The molecule has 2 aliphatic carbocycles. The summed E-state index contributed by atoms with van der Waals surface area (Å²) in [6.45, 7) is 0. The van der Waals surface area contributed by atoms with E-state index in [1.807, 2.05) is 0 Å². The lowest BCUT2D eigenvalue weighted by atomic mass is 9.65. The van der Waals surface area contributed by atoms with Crippen molar-refractivity contribution < 1.29 is 9.90 Å². The number of carbonyl (C=O) groups is 1. The molecular formula is C11H18O2. The lowest BCUT2D eigenvalue weighted by molar-refractivity contribution is -0.147. The summed E-state index contributed by atoms with van der Waals surface area (Å²) in [5.41, 5.74) is 0. The van der Waals surface area contributed by atoms with Gasteiger partial charge in [-0.15, -0.1) is 0 Å². The molecule has 0 heterocycles. The van der Waals surface area contributed by atoms with Crippen LogP contribution < -0.4 is 0 Å². The molecule has 0 atom stereocenters. The summed E-state index contributed by atoms with van der Waals surface area (Å²) in [6.07, 6.45) is 8.78. The monoisotopic (exact) mass is 182 g/mol. The van der Waals surface area contributed by atoms with Gasteiger partial charge in [0.25, 0.3) is 0 Å². The quantitative estimate of drug-likeness (QED) is 0.713. The van der Waals surface area contributed by atoms with Crippen LogP contribution in [0.15, 0.2) is 0 Å². The summed E-state index contributed by atoms with van der Waals surface area (Å²) < 4.78 is 0. The number of carboxylic acid groups (broad SMARTS) is 1. The molecule has 0 spiro atoms. The van der Waals surface area contributed by atoms with Crippen LogP contribution in [0.1, 0.15) is 44.9 Å². The van der Waals surface area contributed by atoms with Gasteiger partial charge in [0.1, 0.15) is 0 Å². The molecule has 2 saturated carbocycles. The first-order valence-electron chi connectivity index (χ1n) is 5.50. The van der Waals surface area contributed by atoms with Gasteiger partial charge in [0.2, 0.25) is 0 Å². The maximum absolute atomic E-state index is 10.6. The highest BCUT2D eigenvalue weighted by Gasteiger charge is 2.38. The smallest absolute Gasteiger partial charge is 0.306 e. The zero-order chi connectivity index (χ0) is 9.26. The molecular weight excluding hydrogens is 164 g/mol. The molecule has 0 aromatic heterocycles. The van der Waals surface area contributed by atoms with Crippen LogP contribution in [0.5, 0.6) is 0 Å². The Bertz CT molecular complexity index is 188. The zero-order valence-corrected chi connectivity index (χ0v) is 8.04. The van der Waals surface area contributed by atoms with Crippen molar-refractivity contribution >= 4 is 5.97 Å². The van der Waals surface area contributed by atoms with Crippen LogP contribution in [0.25, 0.3) is 0 Å². The molecule has 2 nitrogen and oxygen atoms in total. The van der Waals surface area contributed by atoms with Crippen molar-refractivity contribution in [1.29, 1.82) is 0 Å². The molecule has 2 aliphatic rings. The fourth-order valence-electron chi connectivity index (χ4n) is 2.85. The normalized spacial score (nSPS) is 35.4. The van der Waals surface area contributed by atoms with Gasteiger partial charge in [-0.2, -0.15) is 0 Å². The van der Waals surface area contributed by atoms with Gasteiger partial charge in [-0.3, -0.25) is 4.79 Å². The molecule has 1 N–H and O–H groups in total. The Hall–Kier alpha value is -0.530. The highest BCUT2D eigenvalue weighted by atomic mass is 16.4. The second kappa shape index (κ2) is 3.69. The first-order valence-corrected chi connectivity index (χ1v) is 5.50. The molecule has 0 unspecified atom stereocenters. The summed E-state index contributed by atoms with van der Waals surface area (Å²) in [4.78, 5) is 10.6. The predicted octanol–water partition coefficient (Wildman–Crippen LogP) is 2.68. The van der Waals surface area contributed by atoms with Crippen molar-refractivity contribution in [1.82, 2.24) is 0 Å². The van der Waals surface area contributed by atoms with E-state index in [2.05, 4.69) is 0 Å². The molecule has 2 rings (SSSR count). The Morgan fingerprint density at radius 2 is 1.62 bits per heavy atom. The Labute approximate surface area is 79.3 Å². The Balaban J connectivity index is 1.75. The highest BCUT2D eigenvalue weighted by Crippen LogP contribution is 2.44. The summed E-state index contributed by atoms with van der Waals surface area (Å²) in [6, 6.07) is 0. The predicted molar refractivity (Wildman–Crippen MR) is 50.4 cm³/mol. The SMILES string of the molecule is O=C(O)C1CC(C2CCCCC2)C1. The maximum Gasteiger partial charge on any atom is 0.306 e. The minimum Gasteiger partial charge on any atom is -0.481 e. The standard InChI is InChI=1S/C11H18O2/c12-11(13)10-6-9(7-10)8-4-2-1-3-5-8/h8-10H,1-7H2,(H,12,13). The topological polar surface area (TPSA) is 37.3 Å². The lowest BCUT2D eigenvalue weighted by Gasteiger charge is -2.40. The van der Waals surface area contributed by atoms with E-state index in [0.717, 1.165) is 24.7 Å². The van der Waals surface area contributed by atoms with E-state index in [1.54, 1.807) is 0 Å². The van der Waals surface area contributed by atoms with Gasteiger partial charge < -0.3 is 5.11 Å². The van der Waals surface area contributed by atoms with Gasteiger partial charge in [-0.05, 0) is 24.7 Å². The minimum absolute atomic E-state index is 0.00748. The van der Waals surface area contributed by atoms with Gasteiger partial charge in [0.15, 0.2) is 0 Å². The Morgan fingerprint density at radius 3 is 2.15 bits per heavy atom. The van der Waals surface area contributed by atoms with Gasteiger partial charge in [0.05, 0.1) is 5.92 Å². The van der Waals surface area contributed by atoms with Crippen molar-refractivity contribution in [3.63, 3.8) is 0 Å². The van der Waals surface area contributed by atoms with E-state index in [4.69, 9.17) is 5.11 Å². The molecule has 0 bridgehead atoms. The van der Waals surface area contributed by atoms with Crippen LogP contribution in [0.3, 0.4) is 0 Å². The highest BCUT2D eigenvalue weighted by molar-refractivity contribution is 5.71. The maximum atomic E-state index is 10.6. The summed E-state index contributed by atoms with van der Waals surface area (Å²) in [5.74, 6) is 1.03. The van der Waals surface area contributed by atoms with Gasteiger partial charge in [0, 0.05) is 0 Å². The molecule has 0 saturated heterocycles. The first kappa shape index (κ1) is 9.04. The van der Waals surface area contributed by atoms with E-state index in [9.17, 15) is 4.79 Å². The summed E-state index contributed by atoms with van der Waals surface area (Å²) >= 11 is 0. The van der Waals surface area contributed by atoms with Gasteiger partial charge in [-0.25, -0.2) is 0 Å². The molecule has 13 heavy (non-hydrogen) atoms. The van der Waals surface area contributed by atoms with E-state index in [0.29, 0.717) is 0 Å². The Morgan fingerprint density at radius 1 is 1.00 bits per heavy atom. The Kier molecular flexibility index (Phi) is 2.56. The third-order valence-electron chi connectivity index (χ3n) is 3.84. The summed E-state index contributed by atoms with van der Waals surface area (Å²) in [7, 11) is 0. The largest absolute Gasteiger partial charge is 0.481 e. The lowest BCUT2D eigenvalue weighted by Crippen LogP contribution is -2.35. The van der Waals surface area contributed by atoms with E-state index in [-0.39, 0.29) is 5.92 Å². The van der Waals surface area contributed by atoms with Gasteiger partial charge >= 0.3 is 5.97 Å². The van der Waals surface area contributed by atoms with E-state index in [1.165, 1.54) is 32.1 Å². The fraction of sp³-hybridized carbons (Fsp3) is 0.909. The fourth-order valence-corrected chi connectivity index (χ4v) is 2.85. The number of rotatable bonds is 2. The van der Waals surface area contributed by atoms with Crippen molar-refractivity contribution in [2.24, 2.45) is 17.8 Å². The minimum atomic E-state index is -0.577. The molecule has 0 radical (unpaired) electrons. The van der Waals surface area contributed by atoms with Crippen LogP contribution in [-0.4, -0.2) is 11.1 Å². The van der Waals surface area contributed by atoms with Crippen molar-refractivity contribution in [3.05, 3.63) is 0 Å². The molecule has 0 aromatic rings. The van der Waals surface area contributed by atoms with Crippen LogP contribution in [-0.2, 0) is 4.79 Å². The average Bonchev–Trinajstić information content (AvgIpc) is 2.02. The van der Waals surface area contributed by atoms with Crippen LogP contribution >= 0.6 is 0 Å². The van der Waals surface area contributed by atoms with Crippen LogP contribution in [0.2, 0.25) is 0 Å². The number of aliphatic carboxylic acids is 1. The molecule has 2 heteroatoms. The van der Waals surface area contributed by atoms with E-state index >= 15 is 0 Å². The molecule has 0 aromatic carbocycles. The van der Waals surface area contributed by atoms with E-state index < -0.39 is 5.97 Å². The van der Waals surface area contributed by atoms with Crippen molar-refractivity contribution in [3.8, 4) is 0 Å². The van der Waals surface area contributed by atoms with Crippen molar-refractivity contribution in [2.75, 3.05) is 0 Å². The van der Waals surface area contributed by atoms with Gasteiger partial charge in [-0.1, -0.05) is 32.1 Å². The molecule has 0 amide bonds. The molecule has 0 aliphatic heterocycles. The third-order valence-corrected chi connectivity index (χ3v) is 3.84. The van der Waals surface area contributed by atoms with Crippen molar-refractivity contribution in [2.45, 2.75) is 44.9 Å². The van der Waals surface area contributed by atoms with Crippen LogP contribution in [0, 0.1) is 17.8 Å². The average molecular weight is 182 g/mol. The number of carboxylic acids is 1. The van der Waals surface area contributed by atoms with Crippen LogP contribution in [0.4, 0.5) is 0 Å². The number of hydrogen-bond donors (Lipinski definition) is 1. The first-order chi connectivity index (χ1) is 6.27.